The fourth-order valence-corrected chi connectivity index (χ4v) is 4.17. The van der Waals surface area contributed by atoms with E-state index in [2.05, 4.69) is 10.4 Å². The third kappa shape index (κ3) is 4.06. The zero-order valence-electron chi connectivity index (χ0n) is 15.0. The van der Waals surface area contributed by atoms with Gasteiger partial charge in [0.05, 0.1) is 10.7 Å². The number of anilines is 1. The maximum Gasteiger partial charge on any atom is 0.269 e. The molecule has 29 heavy (non-hydrogen) atoms. The van der Waals surface area contributed by atoms with Crippen molar-refractivity contribution in [2.24, 2.45) is 5.73 Å². The first-order valence-electron chi connectivity index (χ1n) is 8.63. The van der Waals surface area contributed by atoms with E-state index in [-0.39, 0.29) is 11.6 Å². The Labute approximate surface area is 175 Å². The van der Waals surface area contributed by atoms with E-state index >= 15 is 0 Å². The molecule has 0 atom stereocenters. The zero-order valence-corrected chi connectivity index (χ0v) is 16.6. The minimum Gasteiger partial charge on any atom is -0.364 e. The Morgan fingerprint density at radius 3 is 2.55 bits per heavy atom. The predicted molar refractivity (Wildman–Crippen MR) is 117 cm³/mol. The number of rotatable bonds is 5. The van der Waals surface area contributed by atoms with Crippen LogP contribution in [-0.4, -0.2) is 21.6 Å². The molecule has 0 aliphatic heterocycles. The van der Waals surface area contributed by atoms with E-state index in [4.69, 9.17) is 17.3 Å². The molecule has 0 saturated heterocycles. The second-order valence-corrected chi connectivity index (χ2v) is 7.62. The third-order valence-electron chi connectivity index (χ3n) is 4.19. The number of hydrogen-bond donors (Lipinski definition) is 2. The van der Waals surface area contributed by atoms with Crippen LogP contribution in [0.15, 0.2) is 66.9 Å². The fraction of sp³-hybridized carbons (Fsp3) is 0. The highest BCUT2D eigenvalue weighted by molar-refractivity contribution is 7.20. The average molecular weight is 423 g/mol. The molecule has 0 unspecified atom stereocenters. The molecule has 2 aromatic heterocycles. The lowest BCUT2D eigenvalue weighted by Crippen LogP contribution is -2.12. The van der Waals surface area contributed by atoms with Gasteiger partial charge in [-0.2, -0.15) is 5.10 Å². The minimum atomic E-state index is -0.585. The molecule has 4 rings (SSSR count). The van der Waals surface area contributed by atoms with Crippen LogP contribution < -0.4 is 11.1 Å². The SMILES string of the molecule is NC(=O)c1ccn(-c2ccc(NC(=O)/C=C/c3sc4ccccc4c3Cl)cc2)n1. The topological polar surface area (TPSA) is 90.0 Å². The van der Waals surface area contributed by atoms with E-state index in [1.165, 1.54) is 22.1 Å². The van der Waals surface area contributed by atoms with Gasteiger partial charge in [-0.05, 0) is 42.5 Å². The zero-order chi connectivity index (χ0) is 20.4. The molecule has 0 bridgehead atoms. The molecule has 0 saturated carbocycles. The van der Waals surface area contributed by atoms with Crippen LogP contribution in [-0.2, 0) is 4.79 Å². The fourth-order valence-electron chi connectivity index (χ4n) is 2.77. The van der Waals surface area contributed by atoms with Crippen molar-refractivity contribution in [3.8, 4) is 5.69 Å². The maximum atomic E-state index is 12.2. The normalized spacial score (nSPS) is 11.2. The molecule has 6 nitrogen and oxygen atoms in total. The number of carbonyl (C=O) groups is 2. The number of amides is 2. The summed E-state index contributed by atoms with van der Waals surface area (Å²) in [5.74, 6) is -0.848. The van der Waals surface area contributed by atoms with Crippen molar-refractivity contribution in [1.29, 1.82) is 0 Å². The Morgan fingerprint density at radius 2 is 1.86 bits per heavy atom. The number of thiophene rings is 1. The van der Waals surface area contributed by atoms with E-state index in [9.17, 15) is 9.59 Å². The summed E-state index contributed by atoms with van der Waals surface area (Å²) in [6.45, 7) is 0. The largest absolute Gasteiger partial charge is 0.364 e. The summed E-state index contributed by atoms with van der Waals surface area (Å²) in [7, 11) is 0. The molecule has 2 heterocycles. The minimum absolute atomic E-state index is 0.187. The van der Waals surface area contributed by atoms with Gasteiger partial charge >= 0.3 is 0 Å². The molecule has 8 heteroatoms. The van der Waals surface area contributed by atoms with Crippen LogP contribution in [0.5, 0.6) is 0 Å². The molecule has 0 spiro atoms. The van der Waals surface area contributed by atoms with Gasteiger partial charge in [0.15, 0.2) is 0 Å². The second-order valence-electron chi connectivity index (χ2n) is 6.16. The quantitative estimate of drug-likeness (QED) is 0.464. The van der Waals surface area contributed by atoms with Crippen molar-refractivity contribution in [2.75, 3.05) is 5.32 Å². The lowest BCUT2D eigenvalue weighted by molar-refractivity contribution is -0.111. The van der Waals surface area contributed by atoms with Crippen molar-refractivity contribution in [3.05, 3.63) is 82.5 Å². The van der Waals surface area contributed by atoms with Crippen molar-refractivity contribution < 1.29 is 9.59 Å². The highest BCUT2D eigenvalue weighted by atomic mass is 35.5. The van der Waals surface area contributed by atoms with Crippen LogP contribution in [0.25, 0.3) is 21.8 Å². The van der Waals surface area contributed by atoms with E-state index in [1.807, 2.05) is 24.3 Å². The predicted octanol–water partition coefficient (Wildman–Crippen LogP) is 4.49. The smallest absolute Gasteiger partial charge is 0.269 e. The molecule has 2 amide bonds. The van der Waals surface area contributed by atoms with Gasteiger partial charge in [-0.25, -0.2) is 4.68 Å². The number of fused-ring (bicyclic) bond motifs is 1. The number of halogens is 1. The number of nitrogens with two attached hydrogens (primary N) is 1. The first-order valence-corrected chi connectivity index (χ1v) is 9.83. The summed E-state index contributed by atoms with van der Waals surface area (Å²) in [6.07, 6.45) is 4.81. The number of hydrogen-bond acceptors (Lipinski definition) is 4. The summed E-state index contributed by atoms with van der Waals surface area (Å²) >= 11 is 7.92. The molecular formula is C21H15ClN4O2S. The average Bonchev–Trinajstić information content (AvgIpc) is 3.33. The van der Waals surface area contributed by atoms with Crippen LogP contribution >= 0.6 is 22.9 Å². The van der Waals surface area contributed by atoms with Crippen molar-refractivity contribution in [1.82, 2.24) is 9.78 Å². The number of aromatic nitrogens is 2. The Bertz CT molecular complexity index is 1240. The third-order valence-corrected chi connectivity index (χ3v) is 5.84. The van der Waals surface area contributed by atoms with Gasteiger partial charge in [0.2, 0.25) is 5.91 Å². The van der Waals surface area contributed by atoms with E-state index < -0.39 is 5.91 Å². The summed E-state index contributed by atoms with van der Waals surface area (Å²) in [5.41, 5.74) is 6.77. The second kappa shape index (κ2) is 7.90. The van der Waals surface area contributed by atoms with Crippen molar-refractivity contribution in [3.63, 3.8) is 0 Å². The van der Waals surface area contributed by atoms with Crippen LogP contribution in [0.2, 0.25) is 5.02 Å². The molecule has 2 aromatic carbocycles. The van der Waals surface area contributed by atoms with Gasteiger partial charge in [-0.3, -0.25) is 9.59 Å². The Balaban J connectivity index is 1.44. The van der Waals surface area contributed by atoms with Gasteiger partial charge in [-0.1, -0.05) is 29.8 Å². The van der Waals surface area contributed by atoms with Crippen LogP contribution in [0.4, 0.5) is 5.69 Å². The monoisotopic (exact) mass is 422 g/mol. The number of primary amides is 1. The number of benzene rings is 2. The standard InChI is InChI=1S/C21H15ClN4O2S/c22-20-15-3-1-2-4-17(15)29-18(20)9-10-19(27)24-13-5-7-14(8-6-13)26-12-11-16(25-26)21(23)28/h1-12H,(H2,23,28)(H,24,27)/b10-9+. The van der Waals surface area contributed by atoms with Crippen LogP contribution in [0.1, 0.15) is 15.4 Å². The first kappa shape index (κ1) is 18.9. The van der Waals surface area contributed by atoms with Crippen LogP contribution in [0.3, 0.4) is 0 Å². The highest BCUT2D eigenvalue weighted by Gasteiger charge is 2.08. The number of carbonyl (C=O) groups excluding carboxylic acids is 2. The molecule has 0 radical (unpaired) electrons. The summed E-state index contributed by atoms with van der Waals surface area (Å²) in [5, 5.41) is 8.52. The van der Waals surface area contributed by atoms with E-state index in [1.54, 1.807) is 42.6 Å². The van der Waals surface area contributed by atoms with Gasteiger partial charge in [0.25, 0.3) is 5.91 Å². The first-order chi connectivity index (χ1) is 14.0. The van der Waals surface area contributed by atoms with Crippen molar-refractivity contribution in [2.45, 2.75) is 0 Å². The molecule has 144 valence electrons. The van der Waals surface area contributed by atoms with Gasteiger partial charge in [-0.15, -0.1) is 11.3 Å². The lowest BCUT2D eigenvalue weighted by Gasteiger charge is -2.05. The van der Waals surface area contributed by atoms with E-state index in [0.717, 1.165) is 20.7 Å². The Morgan fingerprint density at radius 1 is 1.10 bits per heavy atom. The van der Waals surface area contributed by atoms with Gasteiger partial charge in [0, 0.05) is 32.9 Å². The Kier molecular flexibility index (Phi) is 5.16. The summed E-state index contributed by atoms with van der Waals surface area (Å²) < 4.78 is 2.61. The number of nitrogens with zero attached hydrogens (tertiary/aromatic N) is 2. The van der Waals surface area contributed by atoms with Gasteiger partial charge in [0.1, 0.15) is 5.69 Å². The molecule has 0 aliphatic rings. The molecule has 4 aromatic rings. The number of nitrogens with one attached hydrogen (secondary N) is 1. The molecule has 0 aliphatic carbocycles. The van der Waals surface area contributed by atoms with E-state index in [0.29, 0.717) is 10.7 Å². The lowest BCUT2D eigenvalue weighted by atomic mass is 10.2. The van der Waals surface area contributed by atoms with Crippen molar-refractivity contribution >= 4 is 56.6 Å². The van der Waals surface area contributed by atoms with Crippen LogP contribution in [0, 0.1) is 0 Å². The van der Waals surface area contributed by atoms with Gasteiger partial charge < -0.3 is 11.1 Å². The summed E-state index contributed by atoms with van der Waals surface area (Å²) in [4.78, 5) is 24.2. The molecule has 3 N–H and O–H groups in total. The summed E-state index contributed by atoms with van der Waals surface area (Å²) in [6, 6.07) is 16.4. The molecule has 0 fully saturated rings. The highest BCUT2D eigenvalue weighted by Crippen LogP contribution is 2.35. The Hall–Kier alpha value is -3.42. The molecular weight excluding hydrogens is 408 g/mol. The maximum absolute atomic E-state index is 12.2.